The fourth-order valence-electron chi connectivity index (χ4n) is 3.97. The molecule has 0 fully saturated rings. The lowest BCUT2D eigenvalue weighted by Crippen LogP contribution is -2.42. The van der Waals surface area contributed by atoms with Crippen molar-refractivity contribution in [3.63, 3.8) is 0 Å². The van der Waals surface area contributed by atoms with E-state index in [1.807, 2.05) is 43.4 Å². The summed E-state index contributed by atoms with van der Waals surface area (Å²) in [6.07, 6.45) is 10.0. The van der Waals surface area contributed by atoms with Gasteiger partial charge in [-0.15, -0.1) is 88.4 Å². The third kappa shape index (κ3) is 7.14. The smallest absolute Gasteiger partial charge is 0.264 e. The molecule has 0 saturated heterocycles. The van der Waals surface area contributed by atoms with Gasteiger partial charge in [-0.2, -0.15) is 0 Å². The molecular formula is C26H28N4O3S7. The number of ether oxygens (including phenoxy) is 2. The highest BCUT2D eigenvalue weighted by Crippen LogP contribution is 2.46. The van der Waals surface area contributed by atoms with Crippen LogP contribution in [0.15, 0.2) is 71.2 Å². The van der Waals surface area contributed by atoms with E-state index in [1.54, 1.807) is 47.1 Å². The Bertz CT molecular complexity index is 1490. The van der Waals surface area contributed by atoms with Crippen LogP contribution in [0.1, 0.15) is 11.1 Å². The zero-order valence-corrected chi connectivity index (χ0v) is 27.5. The zero-order chi connectivity index (χ0) is 29.4. The molecule has 0 amide bonds. The molecule has 2 N–H and O–H groups in total. The molecule has 2 aromatic rings. The first-order chi connectivity index (χ1) is 18.7. The van der Waals surface area contributed by atoms with Crippen molar-refractivity contribution >= 4 is 112 Å². The van der Waals surface area contributed by atoms with E-state index in [0.29, 0.717) is 39.7 Å². The average molecular weight is 669 g/mol. The lowest BCUT2D eigenvalue weighted by molar-refractivity contribution is 0.0690. The summed E-state index contributed by atoms with van der Waals surface area (Å²) in [7, 11) is 3.76. The first kappa shape index (κ1) is 31.5. The van der Waals surface area contributed by atoms with Crippen LogP contribution in [0.5, 0.6) is 5.75 Å². The maximum atomic E-state index is 14.1. The minimum Gasteiger partial charge on any atom is -0.470 e. The quantitative estimate of drug-likeness (QED) is 0.137. The van der Waals surface area contributed by atoms with Gasteiger partial charge in [-0.3, -0.25) is 9.36 Å². The number of thiol groups is 7. The van der Waals surface area contributed by atoms with Gasteiger partial charge in [-0.1, -0.05) is 12.2 Å². The highest BCUT2D eigenvalue weighted by atomic mass is 32.2. The molecule has 1 aromatic heterocycles. The second-order valence-corrected chi connectivity index (χ2v) is 15.1. The Labute approximate surface area is 271 Å². The van der Waals surface area contributed by atoms with Gasteiger partial charge >= 0.3 is 0 Å². The topological polar surface area (TPSA) is 79.6 Å². The second-order valence-electron chi connectivity index (χ2n) is 9.12. The van der Waals surface area contributed by atoms with Crippen LogP contribution >= 0.6 is 88.4 Å². The van der Waals surface area contributed by atoms with E-state index in [1.165, 1.54) is 0 Å². The van der Waals surface area contributed by atoms with Crippen LogP contribution < -0.4 is 15.6 Å². The molecule has 4 rings (SSSR count). The van der Waals surface area contributed by atoms with Crippen LogP contribution in [0.4, 0.5) is 5.82 Å². The highest BCUT2D eigenvalue weighted by molar-refractivity contribution is 8.20. The van der Waals surface area contributed by atoms with E-state index in [9.17, 15) is 4.79 Å². The second kappa shape index (κ2) is 12.5. The van der Waals surface area contributed by atoms with Gasteiger partial charge in [0.15, 0.2) is 15.3 Å². The Morgan fingerprint density at radius 3 is 2.35 bits per heavy atom. The van der Waals surface area contributed by atoms with Crippen molar-refractivity contribution in [1.29, 1.82) is 5.41 Å². The number of hydrogen-bond donors (Lipinski definition) is 9. The van der Waals surface area contributed by atoms with Gasteiger partial charge < -0.3 is 25.1 Å². The molecule has 1 atom stereocenters. The Kier molecular flexibility index (Phi) is 9.82. The SMILES string of the molecule is CN(C)/C=C1/C=C(c2cc3c(n(-c4ccc(OC(S)S)cc4)c2=O)NC(OC(S)(S)C(S)(S)S)C=C3)C=CC1=N. The summed E-state index contributed by atoms with van der Waals surface area (Å²) in [5, 5.41) is 11.5. The molecule has 7 nitrogen and oxygen atoms in total. The number of benzene rings is 1. The Balaban J connectivity index is 1.86. The minimum atomic E-state index is -1.46. The van der Waals surface area contributed by atoms with Crippen molar-refractivity contribution < 1.29 is 9.47 Å². The van der Waals surface area contributed by atoms with E-state index >= 15 is 0 Å². The number of allylic oxidation sites excluding steroid dienone is 5. The van der Waals surface area contributed by atoms with Gasteiger partial charge in [-0.25, -0.2) is 0 Å². The molecule has 0 radical (unpaired) electrons. The van der Waals surface area contributed by atoms with Crippen molar-refractivity contribution in [3.05, 3.63) is 87.9 Å². The Morgan fingerprint density at radius 1 is 1.07 bits per heavy atom. The first-order valence-electron chi connectivity index (χ1n) is 11.7. The van der Waals surface area contributed by atoms with Crippen molar-refractivity contribution in [2.75, 3.05) is 19.4 Å². The first-order valence-corrected chi connectivity index (χ1v) is 15.0. The summed E-state index contributed by atoms with van der Waals surface area (Å²) < 4.78 is 9.74. The molecule has 0 bridgehead atoms. The normalized spacial score (nSPS) is 18.1. The van der Waals surface area contributed by atoms with Gasteiger partial charge in [0, 0.05) is 37.0 Å². The fraction of sp³-hybridized carbons (Fsp3) is 0.231. The van der Waals surface area contributed by atoms with Crippen LogP contribution in [0.25, 0.3) is 17.3 Å². The molecular weight excluding hydrogens is 641 g/mol. The summed E-state index contributed by atoms with van der Waals surface area (Å²) in [6.45, 7) is 0. The van der Waals surface area contributed by atoms with Crippen molar-refractivity contribution in [2.45, 2.75) is 18.7 Å². The number of nitrogens with zero attached hydrogens (tertiary/aromatic N) is 2. The molecule has 0 spiro atoms. The van der Waals surface area contributed by atoms with Gasteiger partial charge in [-0.05, 0) is 54.1 Å². The van der Waals surface area contributed by atoms with Crippen molar-refractivity contribution in [1.82, 2.24) is 9.47 Å². The molecule has 14 heteroatoms. The molecule has 1 aliphatic heterocycles. The summed E-state index contributed by atoms with van der Waals surface area (Å²) in [5.41, 5.74) is 3.23. The zero-order valence-electron chi connectivity index (χ0n) is 21.3. The van der Waals surface area contributed by atoms with Gasteiger partial charge in [0.25, 0.3) is 5.56 Å². The summed E-state index contributed by atoms with van der Waals surface area (Å²) in [6, 6.07) is 8.80. The molecule has 1 aliphatic carbocycles. The predicted octanol–water partition coefficient (Wildman–Crippen LogP) is 5.52. The standard InChI is InChI=1S/C26H28N4O3S7/c1-29(2)13-16-11-14(3-9-20(16)27)19-12-15-4-10-21(33-25(36,37)26(38,39)40)28-22(15)30(23(19)31)17-5-7-18(8-6-17)32-24(34)35/h3-13,21,24,27-28,34-40H,1-2H3/b16-13-,27-20?. The summed E-state index contributed by atoms with van der Waals surface area (Å²) in [5.74, 6) is 1.04. The molecule has 2 heterocycles. The third-order valence-electron chi connectivity index (χ3n) is 5.78. The van der Waals surface area contributed by atoms with E-state index < -0.39 is 18.7 Å². The molecule has 40 heavy (non-hydrogen) atoms. The van der Waals surface area contributed by atoms with Crippen molar-refractivity contribution in [2.24, 2.45) is 0 Å². The fourth-order valence-corrected chi connectivity index (χ4v) is 4.60. The monoisotopic (exact) mass is 668 g/mol. The molecule has 1 unspecified atom stereocenters. The number of hydrogen-bond acceptors (Lipinski definition) is 13. The maximum absolute atomic E-state index is 14.1. The lowest BCUT2D eigenvalue weighted by atomic mass is 9.94. The molecule has 212 valence electrons. The van der Waals surface area contributed by atoms with E-state index in [0.717, 1.165) is 5.56 Å². The molecule has 0 saturated carbocycles. The van der Waals surface area contributed by atoms with Crippen molar-refractivity contribution in [3.8, 4) is 11.4 Å². The highest BCUT2D eigenvalue weighted by Gasteiger charge is 2.42. The Hall–Kier alpha value is -1.39. The van der Waals surface area contributed by atoms with Crippen LogP contribution in [-0.2, 0) is 4.74 Å². The third-order valence-corrected chi connectivity index (χ3v) is 8.88. The number of rotatable bonds is 8. The molecule has 2 aliphatic rings. The van der Waals surface area contributed by atoms with Gasteiger partial charge in [0.1, 0.15) is 15.0 Å². The Morgan fingerprint density at radius 2 is 1.75 bits per heavy atom. The average Bonchev–Trinajstić information content (AvgIpc) is 2.84. The van der Waals surface area contributed by atoms with E-state index in [-0.39, 0.29) is 5.56 Å². The number of anilines is 1. The van der Waals surface area contributed by atoms with E-state index in [2.05, 4.69) is 93.7 Å². The predicted molar refractivity (Wildman–Crippen MR) is 189 cm³/mol. The van der Waals surface area contributed by atoms with Crippen LogP contribution in [0, 0.1) is 5.41 Å². The van der Waals surface area contributed by atoms with Crippen LogP contribution in [-0.4, -0.2) is 47.9 Å². The minimum absolute atomic E-state index is 0.279. The number of pyridine rings is 1. The largest absolute Gasteiger partial charge is 0.470 e. The summed E-state index contributed by atoms with van der Waals surface area (Å²) >= 11 is 30.1. The van der Waals surface area contributed by atoms with Crippen LogP contribution in [0.3, 0.4) is 0 Å². The van der Waals surface area contributed by atoms with Gasteiger partial charge in [0.2, 0.25) is 0 Å². The van der Waals surface area contributed by atoms with E-state index in [4.69, 9.17) is 14.9 Å². The number of nitrogens with one attached hydrogen (secondary N) is 2. The maximum Gasteiger partial charge on any atom is 0.264 e. The van der Waals surface area contributed by atoms with Crippen LogP contribution in [0.2, 0.25) is 0 Å². The molecule has 1 aromatic carbocycles. The number of fused-ring (bicyclic) bond motifs is 1. The van der Waals surface area contributed by atoms with Gasteiger partial charge in [0.05, 0.1) is 11.4 Å². The summed E-state index contributed by atoms with van der Waals surface area (Å²) in [4.78, 5) is 16.0. The number of aromatic nitrogens is 1. The lowest BCUT2D eigenvalue weighted by Gasteiger charge is -2.37.